The number of hydrogen-bond acceptors (Lipinski definition) is 16. The zero-order valence-corrected chi connectivity index (χ0v) is 24.2. The second-order valence-corrected chi connectivity index (χ2v) is 10.3. The van der Waals surface area contributed by atoms with Crippen LogP contribution in [0.25, 0.3) is 28.4 Å². The number of rotatable bonds is 8. The third-order valence-corrected chi connectivity index (χ3v) is 7.23. The maximum Gasteiger partial charge on any atom is 0.330 e. The van der Waals surface area contributed by atoms with Gasteiger partial charge in [0.1, 0.15) is 42.0 Å². The van der Waals surface area contributed by atoms with Crippen LogP contribution in [0.5, 0.6) is 46.0 Å². The normalized spacial score (nSPS) is 21.1. The second kappa shape index (κ2) is 13.0. The summed E-state index contributed by atoms with van der Waals surface area (Å²) in [5, 5.41) is 91.6. The lowest BCUT2D eigenvalue weighted by molar-refractivity contribution is -0.278. The van der Waals surface area contributed by atoms with Crippen LogP contribution in [-0.2, 0) is 14.3 Å². The molecular weight excluding hydrogens is 628 g/mol. The molecule has 5 atom stereocenters. The van der Waals surface area contributed by atoms with E-state index in [2.05, 4.69) is 0 Å². The summed E-state index contributed by atoms with van der Waals surface area (Å²) in [6.45, 7) is -0.657. The van der Waals surface area contributed by atoms with Crippen molar-refractivity contribution in [1.82, 2.24) is 0 Å². The van der Waals surface area contributed by atoms with Crippen LogP contribution in [0.15, 0.2) is 57.8 Å². The molecule has 47 heavy (non-hydrogen) atoms. The molecule has 0 unspecified atom stereocenters. The molecule has 1 fully saturated rings. The molecule has 0 saturated carbocycles. The number of carbonyl (C=O) groups excluding carboxylic acids is 1. The number of hydrogen-bond donors (Lipinski definition) is 9. The van der Waals surface area contributed by atoms with E-state index >= 15 is 0 Å². The summed E-state index contributed by atoms with van der Waals surface area (Å²) in [6, 6.07) is 8.56. The van der Waals surface area contributed by atoms with E-state index in [0.29, 0.717) is 5.56 Å². The Morgan fingerprint density at radius 3 is 2.26 bits per heavy atom. The predicted octanol–water partition coefficient (Wildman–Crippen LogP) is 1.15. The number of aliphatic hydroxyl groups excluding tert-OH is 3. The van der Waals surface area contributed by atoms with Crippen molar-refractivity contribution in [2.75, 3.05) is 13.7 Å². The molecule has 3 aromatic carbocycles. The average Bonchev–Trinajstić information content (AvgIpc) is 3.05. The largest absolute Gasteiger partial charge is 0.504 e. The molecule has 0 spiro atoms. The fraction of sp³-hybridized carbons (Fsp3) is 0.226. The summed E-state index contributed by atoms with van der Waals surface area (Å²) in [5.74, 6) is -6.08. The van der Waals surface area contributed by atoms with Crippen LogP contribution < -0.4 is 14.9 Å². The zero-order valence-electron chi connectivity index (χ0n) is 24.2. The highest BCUT2D eigenvalue weighted by Crippen LogP contribution is 2.44. The number of fused-ring (bicyclic) bond motifs is 1. The third-order valence-electron chi connectivity index (χ3n) is 7.23. The minimum absolute atomic E-state index is 0.0337. The second-order valence-electron chi connectivity index (χ2n) is 10.3. The van der Waals surface area contributed by atoms with Gasteiger partial charge in [-0.25, -0.2) is 4.79 Å². The smallest absolute Gasteiger partial charge is 0.330 e. The topological polar surface area (TPSA) is 266 Å². The van der Waals surface area contributed by atoms with Crippen LogP contribution in [0.2, 0.25) is 0 Å². The zero-order chi connectivity index (χ0) is 34.2. The standard InChI is InChI=1S/C31H28O16/c1-43-17-6-4-13(9-16(17)34)30-28(41)26(39)22-18(45-30)10-19(23(36)25(22)38)46-31-29(42)27(40)24(37)20(47-31)11-44-21(35)7-3-12-2-5-14(32)15(33)8-12/h2-10,20,24,27,29,31-34,36-38,40-42H,11H2,1H3/t20-,24-,27+,29-,31-/m1/s1. The lowest BCUT2D eigenvalue weighted by atomic mass is 9.99. The van der Waals surface area contributed by atoms with Gasteiger partial charge in [0, 0.05) is 17.7 Å². The fourth-order valence-corrected chi connectivity index (χ4v) is 4.71. The lowest BCUT2D eigenvalue weighted by Gasteiger charge is -2.39. The molecule has 2 heterocycles. The van der Waals surface area contributed by atoms with E-state index in [1.165, 1.54) is 43.5 Å². The molecule has 1 aromatic heterocycles. The number of aliphatic hydroxyl groups is 3. The monoisotopic (exact) mass is 656 g/mol. The van der Waals surface area contributed by atoms with E-state index in [1.807, 2.05) is 0 Å². The summed E-state index contributed by atoms with van der Waals surface area (Å²) in [4.78, 5) is 25.2. The fourth-order valence-electron chi connectivity index (χ4n) is 4.71. The van der Waals surface area contributed by atoms with E-state index in [0.717, 1.165) is 18.2 Å². The number of aromatic hydroxyl groups is 6. The van der Waals surface area contributed by atoms with Crippen LogP contribution in [0, 0.1) is 0 Å². The van der Waals surface area contributed by atoms with Gasteiger partial charge in [-0.15, -0.1) is 0 Å². The SMILES string of the molecule is COc1ccc(-c2oc3cc(O[C@@H]4O[C@H](COC(=O)C=Cc5ccc(O)c(O)c5)[C@@H](O)[C@H](O)[C@H]4O)c(O)c(O)c3c(=O)c2O)cc1O. The van der Waals surface area contributed by atoms with Crippen LogP contribution in [0.4, 0.5) is 0 Å². The Hall–Kier alpha value is -5.68. The average molecular weight is 657 g/mol. The predicted molar refractivity (Wildman–Crippen MR) is 158 cm³/mol. The van der Waals surface area contributed by atoms with Gasteiger partial charge < -0.3 is 69.3 Å². The summed E-state index contributed by atoms with van der Waals surface area (Å²) in [6.07, 6.45) is -6.72. The van der Waals surface area contributed by atoms with Gasteiger partial charge in [0.25, 0.3) is 0 Å². The van der Waals surface area contributed by atoms with E-state index in [1.54, 1.807) is 0 Å². The highest BCUT2D eigenvalue weighted by molar-refractivity contribution is 5.91. The molecule has 1 aliphatic rings. The van der Waals surface area contributed by atoms with Crippen LogP contribution in [-0.4, -0.2) is 96.4 Å². The number of phenols is 5. The van der Waals surface area contributed by atoms with E-state index in [9.17, 15) is 55.5 Å². The van der Waals surface area contributed by atoms with Crippen molar-refractivity contribution < 1.29 is 74.1 Å². The molecule has 0 aliphatic carbocycles. The van der Waals surface area contributed by atoms with Crippen LogP contribution in [0.1, 0.15) is 5.56 Å². The van der Waals surface area contributed by atoms with Gasteiger partial charge in [0.2, 0.25) is 23.2 Å². The Labute approximate surface area is 263 Å². The Kier molecular flexibility index (Phi) is 9.03. The van der Waals surface area contributed by atoms with Gasteiger partial charge in [0.05, 0.1) is 7.11 Å². The van der Waals surface area contributed by atoms with Gasteiger partial charge in [-0.1, -0.05) is 6.07 Å². The molecule has 16 nitrogen and oxygen atoms in total. The van der Waals surface area contributed by atoms with Gasteiger partial charge in [0.15, 0.2) is 40.3 Å². The quantitative estimate of drug-likeness (QED) is 0.0731. The van der Waals surface area contributed by atoms with Crippen molar-refractivity contribution in [3.8, 4) is 57.3 Å². The van der Waals surface area contributed by atoms with Gasteiger partial charge in [-0.2, -0.15) is 0 Å². The molecule has 0 bridgehead atoms. The maximum atomic E-state index is 13.0. The molecule has 0 amide bonds. The van der Waals surface area contributed by atoms with Crippen molar-refractivity contribution in [3.63, 3.8) is 0 Å². The molecule has 1 saturated heterocycles. The van der Waals surface area contributed by atoms with E-state index < -0.39 is 94.2 Å². The first-order valence-electron chi connectivity index (χ1n) is 13.7. The molecule has 4 aromatic rings. The number of benzene rings is 3. The van der Waals surface area contributed by atoms with Gasteiger partial charge >= 0.3 is 5.97 Å². The first-order chi connectivity index (χ1) is 22.3. The number of methoxy groups -OCH3 is 1. The maximum absolute atomic E-state index is 13.0. The van der Waals surface area contributed by atoms with Gasteiger partial charge in [-0.3, -0.25) is 4.79 Å². The van der Waals surface area contributed by atoms with Crippen molar-refractivity contribution in [1.29, 1.82) is 0 Å². The molecule has 248 valence electrons. The van der Waals surface area contributed by atoms with Crippen LogP contribution in [0.3, 0.4) is 0 Å². The highest BCUT2D eigenvalue weighted by Gasteiger charge is 2.46. The van der Waals surface area contributed by atoms with Gasteiger partial charge in [-0.05, 0) is 42.0 Å². The summed E-state index contributed by atoms with van der Waals surface area (Å²) in [5.41, 5.74) is -1.20. The third kappa shape index (κ3) is 6.38. The minimum Gasteiger partial charge on any atom is -0.504 e. The van der Waals surface area contributed by atoms with E-state index in [4.69, 9.17) is 23.4 Å². The van der Waals surface area contributed by atoms with Crippen molar-refractivity contribution in [3.05, 3.63) is 64.3 Å². The summed E-state index contributed by atoms with van der Waals surface area (Å²) in [7, 11) is 1.31. The Balaban J connectivity index is 1.38. The molecule has 1 aliphatic heterocycles. The Morgan fingerprint density at radius 2 is 1.57 bits per heavy atom. The Morgan fingerprint density at radius 1 is 0.830 bits per heavy atom. The highest BCUT2D eigenvalue weighted by atomic mass is 16.7. The number of phenolic OH excluding ortho intramolecular Hbond substituents is 5. The van der Waals surface area contributed by atoms with Crippen molar-refractivity contribution in [2.45, 2.75) is 30.7 Å². The summed E-state index contributed by atoms with van der Waals surface area (Å²) < 4.78 is 26.7. The molecule has 0 radical (unpaired) electrons. The number of ether oxygens (including phenoxy) is 4. The summed E-state index contributed by atoms with van der Waals surface area (Å²) >= 11 is 0. The molecule has 9 N–H and O–H groups in total. The molecule has 5 rings (SSSR count). The number of carbonyl (C=O) groups is 1. The first-order valence-corrected chi connectivity index (χ1v) is 13.7. The molecular formula is C31H28O16. The molecule has 16 heteroatoms. The Bertz CT molecular complexity index is 1910. The van der Waals surface area contributed by atoms with Crippen molar-refractivity contribution >= 4 is 23.0 Å². The first kappa shape index (κ1) is 32.7. The van der Waals surface area contributed by atoms with Crippen LogP contribution >= 0.6 is 0 Å². The minimum atomic E-state index is -1.94. The van der Waals surface area contributed by atoms with E-state index in [-0.39, 0.29) is 22.8 Å². The number of esters is 1. The van der Waals surface area contributed by atoms with Crippen molar-refractivity contribution in [2.24, 2.45) is 0 Å². The lowest BCUT2D eigenvalue weighted by Crippen LogP contribution is -2.60.